The van der Waals surface area contributed by atoms with Crippen LogP contribution >= 0.6 is 0 Å². The van der Waals surface area contributed by atoms with Crippen molar-refractivity contribution in [3.63, 3.8) is 0 Å². The molecule has 0 aliphatic rings. The van der Waals surface area contributed by atoms with Crippen LogP contribution in [0.25, 0.3) is 0 Å². The molecule has 0 aliphatic carbocycles. The average molecular weight is 167 g/mol. The first-order chi connectivity index (χ1) is 5.72. The summed E-state index contributed by atoms with van der Waals surface area (Å²) in [7, 11) is 1.54. The van der Waals surface area contributed by atoms with Crippen molar-refractivity contribution in [2.24, 2.45) is 5.73 Å². The summed E-state index contributed by atoms with van der Waals surface area (Å²) in [6.45, 7) is 1.95. The molecule has 1 atom stereocenters. The van der Waals surface area contributed by atoms with Gasteiger partial charge in [-0.1, -0.05) is 0 Å². The molecule has 0 fully saturated rings. The molecule has 2 N–H and O–H groups in total. The van der Waals surface area contributed by atoms with E-state index < -0.39 is 0 Å². The number of rotatable bonds is 3. The molecule has 1 rings (SSSR count). The van der Waals surface area contributed by atoms with Crippen LogP contribution in [0.2, 0.25) is 0 Å². The molecule has 0 amide bonds. The maximum Gasteiger partial charge on any atom is 0.316 e. The minimum absolute atomic E-state index is 0.141. The summed E-state index contributed by atoms with van der Waals surface area (Å²) in [6, 6.07) is 0.533. The third-order valence-corrected chi connectivity index (χ3v) is 1.42. The smallest absolute Gasteiger partial charge is 0.316 e. The zero-order valence-corrected chi connectivity index (χ0v) is 7.32. The van der Waals surface area contributed by atoms with E-state index in [1.807, 2.05) is 6.92 Å². The second-order valence-corrected chi connectivity index (χ2v) is 2.76. The van der Waals surface area contributed by atoms with Gasteiger partial charge in [0.1, 0.15) is 0 Å². The molecule has 1 aromatic rings. The van der Waals surface area contributed by atoms with Crippen molar-refractivity contribution in [3.05, 3.63) is 18.0 Å². The Morgan fingerprint density at radius 1 is 1.50 bits per heavy atom. The first-order valence-corrected chi connectivity index (χ1v) is 3.83. The van der Waals surface area contributed by atoms with Gasteiger partial charge in [-0.15, -0.1) is 0 Å². The van der Waals surface area contributed by atoms with Gasteiger partial charge in [0.25, 0.3) is 0 Å². The van der Waals surface area contributed by atoms with E-state index >= 15 is 0 Å². The fourth-order valence-corrected chi connectivity index (χ4v) is 0.926. The third kappa shape index (κ3) is 2.47. The van der Waals surface area contributed by atoms with Crippen molar-refractivity contribution in [1.82, 2.24) is 9.97 Å². The van der Waals surface area contributed by atoms with Crippen molar-refractivity contribution < 1.29 is 4.74 Å². The number of hydrogen-bond acceptors (Lipinski definition) is 4. The van der Waals surface area contributed by atoms with Crippen LogP contribution in [-0.4, -0.2) is 23.1 Å². The lowest BCUT2D eigenvalue weighted by molar-refractivity contribution is 0.379. The van der Waals surface area contributed by atoms with Gasteiger partial charge in [-0.3, -0.25) is 0 Å². The van der Waals surface area contributed by atoms with Crippen LogP contribution in [0.4, 0.5) is 0 Å². The summed E-state index contributed by atoms with van der Waals surface area (Å²) in [6.07, 6.45) is 4.26. The molecule has 4 heteroatoms. The van der Waals surface area contributed by atoms with Gasteiger partial charge in [0, 0.05) is 18.4 Å². The van der Waals surface area contributed by atoms with E-state index in [4.69, 9.17) is 10.5 Å². The maximum atomic E-state index is 5.61. The summed E-state index contributed by atoms with van der Waals surface area (Å²) < 4.78 is 4.82. The zero-order chi connectivity index (χ0) is 8.97. The number of nitrogens with two attached hydrogens (primary N) is 1. The number of nitrogens with zero attached hydrogens (tertiary/aromatic N) is 2. The van der Waals surface area contributed by atoms with Crippen LogP contribution in [-0.2, 0) is 6.42 Å². The average Bonchev–Trinajstić information content (AvgIpc) is 2.05. The predicted molar refractivity (Wildman–Crippen MR) is 45.9 cm³/mol. The Labute approximate surface area is 71.8 Å². The summed E-state index contributed by atoms with van der Waals surface area (Å²) in [5.41, 5.74) is 6.64. The van der Waals surface area contributed by atoms with Gasteiger partial charge < -0.3 is 10.5 Å². The van der Waals surface area contributed by atoms with Crippen LogP contribution in [0.5, 0.6) is 6.01 Å². The Bertz CT molecular complexity index is 233. The molecule has 0 aliphatic heterocycles. The molecule has 0 saturated heterocycles. The highest BCUT2D eigenvalue weighted by Crippen LogP contribution is 2.03. The van der Waals surface area contributed by atoms with Gasteiger partial charge in [-0.2, -0.15) is 0 Å². The first kappa shape index (κ1) is 8.93. The Balaban J connectivity index is 2.65. The quantitative estimate of drug-likeness (QED) is 0.706. The van der Waals surface area contributed by atoms with Gasteiger partial charge >= 0.3 is 6.01 Å². The van der Waals surface area contributed by atoms with Crippen molar-refractivity contribution in [2.75, 3.05) is 7.11 Å². The SMILES string of the molecule is COc1ncc(CC(C)N)cn1. The van der Waals surface area contributed by atoms with Crippen molar-refractivity contribution >= 4 is 0 Å². The largest absolute Gasteiger partial charge is 0.467 e. The lowest BCUT2D eigenvalue weighted by Crippen LogP contribution is -2.17. The molecule has 0 spiro atoms. The first-order valence-electron chi connectivity index (χ1n) is 3.83. The van der Waals surface area contributed by atoms with Gasteiger partial charge in [0.05, 0.1) is 7.11 Å². The Morgan fingerprint density at radius 3 is 2.50 bits per heavy atom. The maximum absolute atomic E-state index is 5.61. The molecular formula is C8H13N3O. The topological polar surface area (TPSA) is 61.0 Å². The van der Waals surface area contributed by atoms with Gasteiger partial charge in [0.15, 0.2) is 0 Å². The van der Waals surface area contributed by atoms with E-state index in [-0.39, 0.29) is 6.04 Å². The van der Waals surface area contributed by atoms with Crippen LogP contribution < -0.4 is 10.5 Å². The fraction of sp³-hybridized carbons (Fsp3) is 0.500. The lowest BCUT2D eigenvalue weighted by atomic mass is 10.1. The lowest BCUT2D eigenvalue weighted by Gasteiger charge is -2.03. The zero-order valence-electron chi connectivity index (χ0n) is 7.32. The van der Waals surface area contributed by atoms with Crippen molar-refractivity contribution in [3.8, 4) is 6.01 Å². The molecular weight excluding hydrogens is 154 g/mol. The minimum atomic E-state index is 0.141. The third-order valence-electron chi connectivity index (χ3n) is 1.42. The molecule has 1 aromatic heterocycles. The highest BCUT2D eigenvalue weighted by atomic mass is 16.5. The highest BCUT2D eigenvalue weighted by Gasteiger charge is 1.99. The summed E-state index contributed by atoms with van der Waals surface area (Å²) in [4.78, 5) is 7.92. The summed E-state index contributed by atoms with van der Waals surface area (Å²) in [5.74, 6) is 0. The Morgan fingerprint density at radius 2 is 2.08 bits per heavy atom. The summed E-state index contributed by atoms with van der Waals surface area (Å²) >= 11 is 0. The monoisotopic (exact) mass is 167 g/mol. The van der Waals surface area contributed by atoms with Crippen LogP contribution in [0.1, 0.15) is 12.5 Å². The fourth-order valence-electron chi connectivity index (χ4n) is 0.926. The van der Waals surface area contributed by atoms with Crippen LogP contribution in [0, 0.1) is 0 Å². The second kappa shape index (κ2) is 4.01. The van der Waals surface area contributed by atoms with Crippen molar-refractivity contribution in [2.45, 2.75) is 19.4 Å². The van der Waals surface area contributed by atoms with Crippen LogP contribution in [0.3, 0.4) is 0 Å². The molecule has 0 aromatic carbocycles. The Hall–Kier alpha value is -1.16. The van der Waals surface area contributed by atoms with Crippen molar-refractivity contribution in [1.29, 1.82) is 0 Å². The predicted octanol–water partition coefficient (Wildman–Crippen LogP) is 0.375. The minimum Gasteiger partial charge on any atom is -0.467 e. The molecule has 4 nitrogen and oxygen atoms in total. The normalized spacial score (nSPS) is 12.6. The molecule has 0 saturated carbocycles. The van der Waals surface area contributed by atoms with Gasteiger partial charge in [-0.25, -0.2) is 9.97 Å². The van der Waals surface area contributed by atoms with E-state index in [1.165, 1.54) is 0 Å². The van der Waals surface area contributed by atoms with E-state index in [2.05, 4.69) is 9.97 Å². The molecule has 12 heavy (non-hydrogen) atoms. The van der Waals surface area contributed by atoms with E-state index in [0.29, 0.717) is 6.01 Å². The van der Waals surface area contributed by atoms with Gasteiger partial charge in [-0.05, 0) is 18.9 Å². The standard InChI is InChI=1S/C8H13N3O/c1-6(9)3-7-4-10-8(12-2)11-5-7/h4-6H,3,9H2,1-2H3. The Kier molecular flexibility index (Phi) is 2.99. The number of aromatic nitrogens is 2. The second-order valence-electron chi connectivity index (χ2n) is 2.76. The molecule has 1 unspecified atom stereocenters. The van der Waals surface area contributed by atoms with E-state index in [1.54, 1.807) is 19.5 Å². The molecule has 0 radical (unpaired) electrons. The summed E-state index contributed by atoms with van der Waals surface area (Å²) in [5, 5.41) is 0. The number of ether oxygens (including phenoxy) is 1. The van der Waals surface area contributed by atoms with E-state index in [9.17, 15) is 0 Å². The molecule has 66 valence electrons. The van der Waals surface area contributed by atoms with Crippen LogP contribution in [0.15, 0.2) is 12.4 Å². The molecule has 0 bridgehead atoms. The van der Waals surface area contributed by atoms with Gasteiger partial charge in [0.2, 0.25) is 0 Å². The number of hydrogen-bond donors (Lipinski definition) is 1. The van der Waals surface area contributed by atoms with E-state index in [0.717, 1.165) is 12.0 Å². The number of methoxy groups -OCH3 is 1. The molecule has 1 heterocycles. The highest BCUT2D eigenvalue weighted by molar-refractivity contribution is 5.08.